The topological polar surface area (TPSA) is 49.9 Å². The van der Waals surface area contributed by atoms with Gasteiger partial charge in [-0.25, -0.2) is 0 Å². The third-order valence-corrected chi connectivity index (χ3v) is 2.60. The second-order valence-electron chi connectivity index (χ2n) is 3.67. The molecular weight excluding hydrogens is 190 g/mol. The molecule has 0 aliphatic heterocycles. The van der Waals surface area contributed by atoms with Crippen LogP contribution in [0.25, 0.3) is 0 Å². The third kappa shape index (κ3) is 2.01. The van der Waals surface area contributed by atoms with E-state index >= 15 is 0 Å². The number of aromatic amines is 1. The Kier molecular flexibility index (Phi) is 3.45. The molecule has 82 valence electrons. The van der Waals surface area contributed by atoms with E-state index in [-0.39, 0.29) is 11.6 Å². The van der Waals surface area contributed by atoms with Gasteiger partial charge >= 0.3 is 0 Å². The molecule has 0 bridgehead atoms. The van der Waals surface area contributed by atoms with Crippen molar-refractivity contribution in [3.05, 3.63) is 22.5 Å². The van der Waals surface area contributed by atoms with Gasteiger partial charge in [0, 0.05) is 17.7 Å². The number of rotatable bonds is 4. The molecule has 0 saturated heterocycles. The first kappa shape index (κ1) is 11.7. The largest absolute Gasteiger partial charge is 0.355 e. The monoisotopic (exact) mass is 207 g/mol. The SMILES string of the molecule is CCC(=O)c1[nH]c(C)c(C(C)=O)c1CC. The molecule has 1 aromatic heterocycles. The van der Waals surface area contributed by atoms with Crippen molar-refractivity contribution in [1.82, 2.24) is 4.98 Å². The number of hydrogen-bond acceptors (Lipinski definition) is 2. The lowest BCUT2D eigenvalue weighted by Gasteiger charge is -2.00. The third-order valence-electron chi connectivity index (χ3n) is 2.60. The molecule has 0 aromatic carbocycles. The van der Waals surface area contributed by atoms with Crippen LogP contribution < -0.4 is 0 Å². The van der Waals surface area contributed by atoms with Crippen molar-refractivity contribution >= 4 is 11.6 Å². The normalized spacial score (nSPS) is 10.4. The minimum atomic E-state index is 0.0238. The highest BCUT2D eigenvalue weighted by Crippen LogP contribution is 2.21. The van der Waals surface area contributed by atoms with Crippen LogP contribution in [0.2, 0.25) is 0 Å². The van der Waals surface area contributed by atoms with Gasteiger partial charge in [0.05, 0.1) is 5.69 Å². The van der Waals surface area contributed by atoms with Gasteiger partial charge < -0.3 is 4.98 Å². The van der Waals surface area contributed by atoms with Crippen LogP contribution in [0, 0.1) is 6.92 Å². The molecule has 0 saturated carbocycles. The molecule has 0 amide bonds. The summed E-state index contributed by atoms with van der Waals surface area (Å²) >= 11 is 0. The number of aryl methyl sites for hydroxylation is 1. The molecule has 0 fully saturated rings. The van der Waals surface area contributed by atoms with Crippen LogP contribution in [0.15, 0.2) is 0 Å². The lowest BCUT2D eigenvalue weighted by molar-refractivity contribution is 0.0982. The fourth-order valence-corrected chi connectivity index (χ4v) is 1.92. The number of H-pyrrole nitrogens is 1. The van der Waals surface area contributed by atoms with Crippen molar-refractivity contribution < 1.29 is 9.59 Å². The van der Waals surface area contributed by atoms with Crippen LogP contribution >= 0.6 is 0 Å². The van der Waals surface area contributed by atoms with Crippen molar-refractivity contribution in [2.24, 2.45) is 0 Å². The van der Waals surface area contributed by atoms with Gasteiger partial charge in [0.15, 0.2) is 11.6 Å². The van der Waals surface area contributed by atoms with Crippen LogP contribution in [-0.2, 0) is 6.42 Å². The summed E-state index contributed by atoms with van der Waals surface area (Å²) in [5.74, 6) is 0.0956. The highest BCUT2D eigenvalue weighted by atomic mass is 16.1. The summed E-state index contributed by atoms with van der Waals surface area (Å²) in [6, 6.07) is 0. The van der Waals surface area contributed by atoms with E-state index in [9.17, 15) is 9.59 Å². The van der Waals surface area contributed by atoms with Gasteiger partial charge in [-0.1, -0.05) is 13.8 Å². The van der Waals surface area contributed by atoms with E-state index in [0.717, 1.165) is 11.3 Å². The predicted octanol–water partition coefficient (Wildman–Crippen LogP) is 2.68. The molecule has 3 nitrogen and oxygen atoms in total. The smallest absolute Gasteiger partial charge is 0.179 e. The van der Waals surface area contributed by atoms with Gasteiger partial charge in [-0.05, 0) is 25.8 Å². The number of hydrogen-bond donors (Lipinski definition) is 1. The average Bonchev–Trinajstić information content (AvgIpc) is 2.53. The first-order chi connectivity index (χ1) is 7.02. The Balaban J connectivity index is 3.37. The Morgan fingerprint density at radius 2 is 1.87 bits per heavy atom. The van der Waals surface area contributed by atoms with Gasteiger partial charge in [0.2, 0.25) is 0 Å². The highest BCUT2D eigenvalue weighted by molar-refractivity contribution is 6.03. The Hall–Kier alpha value is -1.38. The molecule has 1 N–H and O–H groups in total. The minimum Gasteiger partial charge on any atom is -0.355 e. The maximum Gasteiger partial charge on any atom is 0.179 e. The molecule has 1 aromatic rings. The molecule has 0 radical (unpaired) electrons. The standard InChI is InChI=1S/C12H17NO2/c1-5-9-11(8(4)14)7(3)13-12(9)10(15)6-2/h13H,5-6H2,1-4H3. The molecular formula is C12H17NO2. The van der Waals surface area contributed by atoms with E-state index in [4.69, 9.17) is 0 Å². The maximum atomic E-state index is 11.6. The first-order valence-electron chi connectivity index (χ1n) is 5.28. The summed E-state index contributed by atoms with van der Waals surface area (Å²) < 4.78 is 0. The Bertz CT molecular complexity index is 402. The molecule has 1 rings (SSSR count). The summed E-state index contributed by atoms with van der Waals surface area (Å²) in [4.78, 5) is 26.1. The lowest BCUT2D eigenvalue weighted by atomic mass is 10.0. The number of Topliss-reactive ketones (excluding diaryl/α,β-unsaturated/α-hetero) is 2. The van der Waals surface area contributed by atoms with Crippen molar-refractivity contribution in [2.45, 2.75) is 40.5 Å². The number of aromatic nitrogens is 1. The Morgan fingerprint density at radius 3 is 2.27 bits per heavy atom. The molecule has 15 heavy (non-hydrogen) atoms. The van der Waals surface area contributed by atoms with Gasteiger partial charge in [-0.3, -0.25) is 9.59 Å². The molecule has 0 aliphatic carbocycles. The van der Waals surface area contributed by atoms with Crippen molar-refractivity contribution in [1.29, 1.82) is 0 Å². The van der Waals surface area contributed by atoms with E-state index in [1.54, 1.807) is 0 Å². The number of carbonyl (C=O) groups is 2. The number of nitrogens with one attached hydrogen (secondary N) is 1. The van der Waals surface area contributed by atoms with Crippen LogP contribution in [0.4, 0.5) is 0 Å². The van der Waals surface area contributed by atoms with E-state index in [0.29, 0.717) is 24.1 Å². The summed E-state index contributed by atoms with van der Waals surface area (Å²) in [5, 5.41) is 0. The van der Waals surface area contributed by atoms with Crippen LogP contribution in [-0.4, -0.2) is 16.6 Å². The molecule has 1 heterocycles. The minimum absolute atomic E-state index is 0.0238. The molecule has 3 heteroatoms. The maximum absolute atomic E-state index is 11.6. The van der Waals surface area contributed by atoms with E-state index in [2.05, 4.69) is 4.98 Å². The quantitative estimate of drug-likeness (QED) is 0.772. The van der Waals surface area contributed by atoms with Gasteiger partial charge in [0.25, 0.3) is 0 Å². The van der Waals surface area contributed by atoms with Crippen molar-refractivity contribution in [3.63, 3.8) is 0 Å². The van der Waals surface area contributed by atoms with Crippen molar-refractivity contribution in [2.75, 3.05) is 0 Å². The fraction of sp³-hybridized carbons (Fsp3) is 0.500. The summed E-state index contributed by atoms with van der Waals surface area (Å²) in [6.07, 6.45) is 1.17. The lowest BCUT2D eigenvalue weighted by Crippen LogP contribution is -2.03. The molecule has 0 unspecified atom stereocenters. The molecule has 0 atom stereocenters. The van der Waals surface area contributed by atoms with E-state index in [1.807, 2.05) is 20.8 Å². The zero-order valence-electron chi connectivity index (χ0n) is 9.73. The summed E-state index contributed by atoms with van der Waals surface area (Å²) in [7, 11) is 0. The van der Waals surface area contributed by atoms with Gasteiger partial charge in [-0.15, -0.1) is 0 Å². The van der Waals surface area contributed by atoms with E-state index < -0.39 is 0 Å². The fourth-order valence-electron chi connectivity index (χ4n) is 1.92. The summed E-state index contributed by atoms with van der Waals surface area (Å²) in [6.45, 7) is 7.16. The second-order valence-corrected chi connectivity index (χ2v) is 3.67. The second kappa shape index (κ2) is 4.43. The summed E-state index contributed by atoms with van der Waals surface area (Å²) in [5.41, 5.74) is 2.97. The van der Waals surface area contributed by atoms with Crippen LogP contribution in [0.5, 0.6) is 0 Å². The first-order valence-corrected chi connectivity index (χ1v) is 5.28. The van der Waals surface area contributed by atoms with Crippen molar-refractivity contribution in [3.8, 4) is 0 Å². The zero-order chi connectivity index (χ0) is 11.6. The number of carbonyl (C=O) groups excluding carboxylic acids is 2. The molecule has 0 aliphatic rings. The van der Waals surface area contributed by atoms with Crippen LogP contribution in [0.3, 0.4) is 0 Å². The van der Waals surface area contributed by atoms with Gasteiger partial charge in [0.1, 0.15) is 0 Å². The number of ketones is 2. The average molecular weight is 207 g/mol. The van der Waals surface area contributed by atoms with Crippen LogP contribution in [0.1, 0.15) is 59.3 Å². The Morgan fingerprint density at radius 1 is 1.27 bits per heavy atom. The van der Waals surface area contributed by atoms with E-state index in [1.165, 1.54) is 6.92 Å². The highest BCUT2D eigenvalue weighted by Gasteiger charge is 2.20. The van der Waals surface area contributed by atoms with Gasteiger partial charge in [-0.2, -0.15) is 0 Å². The zero-order valence-corrected chi connectivity index (χ0v) is 9.73. The predicted molar refractivity (Wildman–Crippen MR) is 59.5 cm³/mol. The molecule has 0 spiro atoms. The Labute approximate surface area is 89.9 Å².